The zero-order valence-electron chi connectivity index (χ0n) is 11.0. The Morgan fingerprint density at radius 3 is 2.79 bits per heavy atom. The minimum absolute atomic E-state index is 0.590. The van der Waals surface area contributed by atoms with Gasteiger partial charge in [-0.3, -0.25) is 0 Å². The molecule has 0 aromatic carbocycles. The number of aromatic nitrogens is 5. The van der Waals surface area contributed by atoms with E-state index < -0.39 is 0 Å². The fraction of sp³-hybridized carbons (Fsp3) is 0.500. The van der Waals surface area contributed by atoms with Crippen molar-refractivity contribution in [3.63, 3.8) is 0 Å². The topological polar surface area (TPSA) is 79.7 Å². The molecule has 1 N–H and O–H groups in total. The second kappa shape index (κ2) is 6.62. The maximum absolute atomic E-state index is 4.38. The van der Waals surface area contributed by atoms with Crippen molar-refractivity contribution in [1.29, 1.82) is 0 Å². The Kier molecular flexibility index (Phi) is 4.86. The van der Waals surface area contributed by atoms with Crippen LogP contribution >= 0.6 is 23.1 Å². The van der Waals surface area contributed by atoms with Gasteiger partial charge in [0.2, 0.25) is 17.1 Å². The third-order valence-corrected chi connectivity index (χ3v) is 3.70. The third kappa shape index (κ3) is 4.00. The number of hydrogen-bond acceptors (Lipinski definition) is 9. The summed E-state index contributed by atoms with van der Waals surface area (Å²) in [5.41, 5.74) is 1.69. The summed E-state index contributed by atoms with van der Waals surface area (Å²) >= 11 is 2.85. The van der Waals surface area contributed by atoms with Crippen LogP contribution in [0.15, 0.2) is 15.0 Å². The van der Waals surface area contributed by atoms with Crippen molar-refractivity contribution < 1.29 is 0 Å². The van der Waals surface area contributed by atoms with E-state index in [0.717, 1.165) is 17.3 Å². The molecule has 0 atom stereocenters. The van der Waals surface area contributed by atoms with Crippen molar-refractivity contribution >= 4 is 35.0 Å². The monoisotopic (exact) mass is 297 g/mol. The van der Waals surface area contributed by atoms with Gasteiger partial charge in [0.05, 0.1) is 0 Å². The molecule has 102 valence electrons. The third-order valence-electron chi connectivity index (χ3n) is 2.05. The number of hydrogen-bond donors (Lipinski definition) is 1. The van der Waals surface area contributed by atoms with E-state index in [1.165, 1.54) is 23.1 Å². The van der Waals surface area contributed by atoms with E-state index >= 15 is 0 Å². The highest BCUT2D eigenvalue weighted by Gasteiger charge is 2.10. The quantitative estimate of drug-likeness (QED) is 0.864. The van der Waals surface area contributed by atoms with Crippen LogP contribution in [0.4, 0.5) is 11.9 Å². The van der Waals surface area contributed by atoms with Gasteiger partial charge in [-0.05, 0) is 18.2 Å². The molecule has 0 aliphatic rings. The van der Waals surface area contributed by atoms with E-state index in [1.807, 2.05) is 19.0 Å². The highest BCUT2D eigenvalue weighted by atomic mass is 32.2. The molecular weight excluding hydrogens is 282 g/mol. The van der Waals surface area contributed by atoms with Crippen LogP contribution in [0.1, 0.15) is 13.3 Å². The molecule has 2 rings (SSSR count). The second-order valence-corrected chi connectivity index (χ2v) is 5.92. The maximum Gasteiger partial charge on any atom is 0.230 e. The lowest BCUT2D eigenvalue weighted by atomic mass is 10.5. The molecule has 0 aliphatic carbocycles. The van der Waals surface area contributed by atoms with Crippen molar-refractivity contribution in [3.8, 4) is 0 Å². The molecule has 2 heterocycles. The van der Waals surface area contributed by atoms with Crippen LogP contribution in [0.5, 0.6) is 0 Å². The van der Waals surface area contributed by atoms with Crippen LogP contribution in [-0.2, 0) is 0 Å². The summed E-state index contributed by atoms with van der Waals surface area (Å²) in [4.78, 5) is 14.9. The van der Waals surface area contributed by atoms with E-state index in [1.54, 1.807) is 5.51 Å². The van der Waals surface area contributed by atoms with E-state index in [9.17, 15) is 0 Å². The lowest BCUT2D eigenvalue weighted by Crippen LogP contribution is -2.16. The predicted octanol–water partition coefficient (Wildman–Crippen LogP) is 1.76. The lowest BCUT2D eigenvalue weighted by molar-refractivity contribution is 0.850. The molecule has 0 aliphatic heterocycles. The van der Waals surface area contributed by atoms with Gasteiger partial charge in [0, 0.05) is 20.6 Å². The van der Waals surface area contributed by atoms with Crippen molar-refractivity contribution in [2.24, 2.45) is 0 Å². The number of rotatable bonds is 6. The normalized spacial score (nSPS) is 10.5. The van der Waals surface area contributed by atoms with Crippen LogP contribution in [0.3, 0.4) is 0 Å². The van der Waals surface area contributed by atoms with Crippen molar-refractivity contribution in [2.45, 2.75) is 22.8 Å². The van der Waals surface area contributed by atoms with Gasteiger partial charge >= 0.3 is 0 Å². The summed E-state index contributed by atoms with van der Waals surface area (Å²) in [6, 6.07) is 0. The Balaban J connectivity index is 2.23. The Morgan fingerprint density at radius 1 is 1.32 bits per heavy atom. The zero-order valence-corrected chi connectivity index (χ0v) is 12.6. The lowest BCUT2D eigenvalue weighted by Gasteiger charge is -2.12. The Bertz CT molecular complexity index is 515. The summed E-state index contributed by atoms with van der Waals surface area (Å²) in [6.07, 6.45) is 1.02. The van der Waals surface area contributed by atoms with Gasteiger partial charge in [-0.15, -0.1) is 10.2 Å². The van der Waals surface area contributed by atoms with Crippen LogP contribution in [0.25, 0.3) is 0 Å². The second-order valence-electron chi connectivity index (χ2n) is 3.87. The van der Waals surface area contributed by atoms with Crippen molar-refractivity contribution in [3.05, 3.63) is 5.51 Å². The molecule has 0 unspecified atom stereocenters. The minimum Gasteiger partial charge on any atom is -0.354 e. The minimum atomic E-state index is 0.590. The smallest absolute Gasteiger partial charge is 0.230 e. The zero-order chi connectivity index (χ0) is 13.7. The maximum atomic E-state index is 4.38. The van der Waals surface area contributed by atoms with Crippen molar-refractivity contribution in [2.75, 3.05) is 30.9 Å². The SMILES string of the molecule is CCCNc1nc(Sc2nncs2)nc(N(C)C)n1. The Hall–Kier alpha value is -1.48. The fourth-order valence-corrected chi connectivity index (χ4v) is 2.52. The van der Waals surface area contributed by atoms with Gasteiger partial charge in [-0.1, -0.05) is 18.3 Å². The molecule has 2 aromatic heterocycles. The van der Waals surface area contributed by atoms with Crippen LogP contribution in [-0.4, -0.2) is 45.8 Å². The summed E-state index contributed by atoms with van der Waals surface area (Å²) in [5.74, 6) is 1.22. The summed E-state index contributed by atoms with van der Waals surface area (Å²) in [5, 5.41) is 11.6. The van der Waals surface area contributed by atoms with Gasteiger partial charge in [0.25, 0.3) is 0 Å². The molecule has 0 bridgehead atoms. The summed E-state index contributed by atoms with van der Waals surface area (Å²) < 4.78 is 0.817. The molecule has 0 saturated heterocycles. The first kappa shape index (κ1) is 13.9. The fourth-order valence-electron chi connectivity index (χ4n) is 1.19. The summed E-state index contributed by atoms with van der Waals surface area (Å²) in [7, 11) is 3.80. The number of nitrogens with zero attached hydrogens (tertiary/aromatic N) is 6. The highest BCUT2D eigenvalue weighted by Crippen LogP contribution is 2.26. The van der Waals surface area contributed by atoms with Gasteiger partial charge < -0.3 is 10.2 Å². The average Bonchev–Trinajstić information content (AvgIpc) is 2.89. The molecule has 9 heteroatoms. The van der Waals surface area contributed by atoms with Gasteiger partial charge in [-0.25, -0.2) is 0 Å². The summed E-state index contributed by atoms with van der Waals surface area (Å²) in [6.45, 7) is 2.93. The molecule has 0 radical (unpaired) electrons. The van der Waals surface area contributed by atoms with Crippen LogP contribution < -0.4 is 10.2 Å². The number of nitrogens with one attached hydrogen (secondary N) is 1. The standard InChI is InChI=1S/C10H15N7S2/c1-4-5-11-7-13-8(17(2)3)15-9(14-7)19-10-16-12-6-18-10/h6H,4-5H2,1-3H3,(H,11,13,14,15). The number of anilines is 2. The van der Waals surface area contributed by atoms with E-state index in [2.05, 4.69) is 37.4 Å². The van der Waals surface area contributed by atoms with Gasteiger partial charge in [-0.2, -0.15) is 15.0 Å². The molecular formula is C10H15N7S2. The van der Waals surface area contributed by atoms with Gasteiger partial charge in [0.1, 0.15) is 5.51 Å². The van der Waals surface area contributed by atoms with Crippen LogP contribution in [0.2, 0.25) is 0 Å². The molecule has 19 heavy (non-hydrogen) atoms. The van der Waals surface area contributed by atoms with Gasteiger partial charge in [0.15, 0.2) is 4.34 Å². The van der Waals surface area contributed by atoms with E-state index in [4.69, 9.17) is 0 Å². The molecule has 0 fully saturated rings. The Labute approximate surface area is 119 Å². The first-order valence-corrected chi connectivity index (χ1v) is 7.50. The molecule has 2 aromatic rings. The Morgan fingerprint density at radius 2 is 2.16 bits per heavy atom. The first-order valence-electron chi connectivity index (χ1n) is 5.80. The van der Waals surface area contributed by atoms with E-state index in [-0.39, 0.29) is 0 Å². The largest absolute Gasteiger partial charge is 0.354 e. The molecule has 0 saturated carbocycles. The first-order chi connectivity index (χ1) is 9.19. The molecule has 0 amide bonds. The van der Waals surface area contributed by atoms with Crippen molar-refractivity contribution in [1.82, 2.24) is 25.1 Å². The molecule has 7 nitrogen and oxygen atoms in total. The van der Waals surface area contributed by atoms with E-state index in [0.29, 0.717) is 17.1 Å². The molecule has 0 spiro atoms. The highest BCUT2D eigenvalue weighted by molar-refractivity contribution is 8.00. The van der Waals surface area contributed by atoms with Crippen LogP contribution in [0, 0.1) is 0 Å². The average molecular weight is 297 g/mol. The predicted molar refractivity (Wildman–Crippen MR) is 77.0 cm³/mol.